The number of nitrogens with zero attached hydrogens (tertiary/aromatic N) is 2. The number of fused-ring (bicyclic) bond motifs is 1. The third-order valence-corrected chi connectivity index (χ3v) is 6.10. The number of Topliss-reactive ketones (excluding diaryl/α,β-unsaturated/α-hetero) is 1. The van der Waals surface area contributed by atoms with Crippen LogP contribution in [0.2, 0.25) is 0 Å². The van der Waals surface area contributed by atoms with E-state index in [1.54, 1.807) is 24.2 Å². The van der Waals surface area contributed by atoms with Crippen molar-refractivity contribution in [3.05, 3.63) is 102 Å². The fraction of sp³-hybridized carbons (Fsp3) is 0.192. The number of carbonyl (C=O) groups is 2. The molecule has 5 heteroatoms. The summed E-state index contributed by atoms with van der Waals surface area (Å²) in [6, 6.07) is 21.2. The van der Waals surface area contributed by atoms with Crippen LogP contribution in [0.15, 0.2) is 90.4 Å². The zero-order valence-electron chi connectivity index (χ0n) is 17.3. The summed E-state index contributed by atoms with van der Waals surface area (Å²) in [6.45, 7) is 1.55. The minimum absolute atomic E-state index is 0.0653. The summed E-state index contributed by atoms with van der Waals surface area (Å²) in [5, 5.41) is 3.52. The average molecular weight is 409 g/mol. The second-order valence-corrected chi connectivity index (χ2v) is 8.05. The molecule has 154 valence electrons. The first kappa shape index (κ1) is 19.2. The van der Waals surface area contributed by atoms with Crippen LogP contribution in [0.3, 0.4) is 0 Å². The molecular weight excluding hydrogens is 386 g/mol. The first-order chi connectivity index (χ1) is 15.1. The quantitative estimate of drug-likeness (QED) is 0.647. The molecule has 2 unspecified atom stereocenters. The van der Waals surface area contributed by atoms with Gasteiger partial charge in [-0.05, 0) is 41.7 Å². The Hall–Kier alpha value is -3.73. The fourth-order valence-corrected chi connectivity index (χ4v) is 4.75. The molecule has 5 rings (SSSR count). The fourth-order valence-electron chi connectivity index (χ4n) is 4.75. The van der Waals surface area contributed by atoms with Crippen LogP contribution in [0.25, 0.3) is 0 Å². The van der Waals surface area contributed by atoms with Gasteiger partial charge in [0.2, 0.25) is 5.91 Å². The summed E-state index contributed by atoms with van der Waals surface area (Å²) < 4.78 is 0. The van der Waals surface area contributed by atoms with Crippen LogP contribution in [0.1, 0.15) is 42.9 Å². The summed E-state index contributed by atoms with van der Waals surface area (Å²) in [7, 11) is 0. The van der Waals surface area contributed by atoms with E-state index in [-0.39, 0.29) is 17.6 Å². The number of hydrogen-bond donors (Lipinski definition) is 1. The van der Waals surface area contributed by atoms with E-state index >= 15 is 0 Å². The van der Waals surface area contributed by atoms with Gasteiger partial charge in [0.15, 0.2) is 5.78 Å². The normalized spacial score (nSPS) is 20.4. The lowest BCUT2D eigenvalue weighted by Gasteiger charge is -2.34. The molecule has 2 heterocycles. The molecule has 3 aromatic rings. The van der Waals surface area contributed by atoms with Crippen molar-refractivity contribution in [1.29, 1.82) is 0 Å². The second-order valence-electron chi connectivity index (χ2n) is 8.05. The number of amides is 1. The monoisotopic (exact) mass is 409 g/mol. The molecule has 0 radical (unpaired) electrons. The van der Waals surface area contributed by atoms with Crippen LogP contribution in [0.5, 0.6) is 0 Å². The molecule has 1 aliphatic carbocycles. The smallest absolute Gasteiger partial charge is 0.224 e. The van der Waals surface area contributed by atoms with Crippen LogP contribution in [-0.4, -0.2) is 16.7 Å². The molecule has 0 spiro atoms. The third kappa shape index (κ3) is 3.42. The molecule has 0 bridgehead atoms. The van der Waals surface area contributed by atoms with Gasteiger partial charge in [-0.3, -0.25) is 19.5 Å². The lowest BCUT2D eigenvalue weighted by Crippen LogP contribution is -2.37. The van der Waals surface area contributed by atoms with Crippen molar-refractivity contribution in [2.24, 2.45) is 0 Å². The molecule has 5 nitrogen and oxygen atoms in total. The topological polar surface area (TPSA) is 62.3 Å². The van der Waals surface area contributed by atoms with Crippen molar-refractivity contribution in [2.45, 2.75) is 31.7 Å². The van der Waals surface area contributed by atoms with E-state index in [4.69, 9.17) is 0 Å². The molecule has 31 heavy (non-hydrogen) atoms. The number of rotatable bonds is 2. The number of benzene rings is 2. The molecule has 0 fully saturated rings. The highest BCUT2D eigenvalue weighted by atomic mass is 16.2. The molecule has 0 saturated heterocycles. The van der Waals surface area contributed by atoms with Crippen molar-refractivity contribution < 1.29 is 9.59 Å². The second kappa shape index (κ2) is 7.84. The van der Waals surface area contributed by atoms with E-state index in [0.717, 1.165) is 28.2 Å². The number of ketones is 1. The van der Waals surface area contributed by atoms with E-state index in [9.17, 15) is 9.59 Å². The Bertz CT molecular complexity index is 1170. The molecule has 1 N–H and O–H groups in total. The Morgan fingerprint density at radius 2 is 1.71 bits per heavy atom. The van der Waals surface area contributed by atoms with E-state index < -0.39 is 6.04 Å². The SMILES string of the molecule is CC(=O)N1c2ccccc2NC2=C(C(=O)CC(c3ccccc3)C2)C1c1cccnc1. The lowest BCUT2D eigenvalue weighted by atomic mass is 9.78. The van der Waals surface area contributed by atoms with Gasteiger partial charge in [0, 0.05) is 37.0 Å². The average Bonchev–Trinajstić information content (AvgIpc) is 2.95. The Labute approximate surface area is 181 Å². The summed E-state index contributed by atoms with van der Waals surface area (Å²) >= 11 is 0. The predicted octanol–water partition coefficient (Wildman–Crippen LogP) is 5.00. The maximum absolute atomic E-state index is 13.6. The van der Waals surface area contributed by atoms with Crippen LogP contribution < -0.4 is 10.2 Å². The number of allylic oxidation sites excluding steroid dienone is 1. The van der Waals surface area contributed by atoms with Crippen molar-refractivity contribution >= 4 is 23.1 Å². The third-order valence-electron chi connectivity index (χ3n) is 6.10. The minimum atomic E-state index is -0.512. The van der Waals surface area contributed by atoms with Gasteiger partial charge in [-0.2, -0.15) is 0 Å². The first-order valence-electron chi connectivity index (χ1n) is 10.5. The van der Waals surface area contributed by atoms with Gasteiger partial charge in [-0.15, -0.1) is 0 Å². The van der Waals surface area contributed by atoms with Crippen LogP contribution in [0.4, 0.5) is 11.4 Å². The maximum Gasteiger partial charge on any atom is 0.224 e. The van der Waals surface area contributed by atoms with Crippen LogP contribution in [-0.2, 0) is 9.59 Å². The number of anilines is 2. The summed E-state index contributed by atoms with van der Waals surface area (Å²) in [5.41, 5.74) is 5.13. The number of carbonyl (C=O) groups excluding carboxylic acids is 2. The zero-order valence-corrected chi connectivity index (χ0v) is 17.3. The molecular formula is C26H23N3O2. The lowest BCUT2D eigenvalue weighted by molar-refractivity contribution is -0.117. The van der Waals surface area contributed by atoms with Gasteiger partial charge >= 0.3 is 0 Å². The molecule has 2 aliphatic rings. The number of para-hydroxylation sites is 2. The summed E-state index contributed by atoms with van der Waals surface area (Å²) in [5.74, 6) is 0.0517. The van der Waals surface area contributed by atoms with Crippen LogP contribution >= 0.6 is 0 Å². The standard InChI is InChI=1S/C26H23N3O2/c1-17(30)29-23-12-6-5-11-21(23)28-22-14-20(18-8-3-2-4-9-18)15-24(31)25(22)26(29)19-10-7-13-27-16-19/h2-13,16,20,26,28H,14-15H2,1H3. The molecule has 0 saturated carbocycles. The van der Waals surface area contributed by atoms with Gasteiger partial charge < -0.3 is 5.32 Å². The van der Waals surface area contributed by atoms with E-state index in [2.05, 4.69) is 22.4 Å². The summed E-state index contributed by atoms with van der Waals surface area (Å²) in [6.07, 6.45) is 4.58. The molecule has 1 aliphatic heterocycles. The van der Waals surface area contributed by atoms with Gasteiger partial charge in [0.1, 0.15) is 0 Å². The Balaban J connectivity index is 1.71. The Kier molecular flexibility index (Phi) is 4.86. The van der Waals surface area contributed by atoms with Crippen molar-refractivity contribution in [1.82, 2.24) is 4.98 Å². The number of aromatic nitrogens is 1. The van der Waals surface area contributed by atoms with Crippen molar-refractivity contribution in [3.63, 3.8) is 0 Å². The first-order valence-corrected chi connectivity index (χ1v) is 10.5. The Morgan fingerprint density at radius 1 is 0.968 bits per heavy atom. The van der Waals surface area contributed by atoms with Crippen molar-refractivity contribution in [2.75, 3.05) is 10.2 Å². The number of pyridine rings is 1. The largest absolute Gasteiger partial charge is 0.357 e. The summed E-state index contributed by atoms with van der Waals surface area (Å²) in [4.78, 5) is 32.5. The highest BCUT2D eigenvalue weighted by Crippen LogP contribution is 2.47. The van der Waals surface area contributed by atoms with Gasteiger partial charge in [-0.25, -0.2) is 0 Å². The van der Waals surface area contributed by atoms with Gasteiger partial charge in [0.05, 0.1) is 17.4 Å². The van der Waals surface area contributed by atoms with Gasteiger partial charge in [0.25, 0.3) is 0 Å². The minimum Gasteiger partial charge on any atom is -0.357 e. The predicted molar refractivity (Wildman–Crippen MR) is 121 cm³/mol. The van der Waals surface area contributed by atoms with Crippen molar-refractivity contribution in [3.8, 4) is 0 Å². The van der Waals surface area contributed by atoms with Gasteiger partial charge in [-0.1, -0.05) is 48.5 Å². The highest BCUT2D eigenvalue weighted by Gasteiger charge is 2.40. The molecule has 2 atom stereocenters. The zero-order chi connectivity index (χ0) is 21.4. The molecule has 1 amide bonds. The molecule has 2 aromatic carbocycles. The van der Waals surface area contributed by atoms with Crippen LogP contribution in [0, 0.1) is 0 Å². The number of hydrogen-bond acceptors (Lipinski definition) is 4. The number of nitrogens with one attached hydrogen (secondary N) is 1. The van der Waals surface area contributed by atoms with E-state index in [1.807, 2.05) is 54.6 Å². The maximum atomic E-state index is 13.6. The van der Waals surface area contributed by atoms with E-state index in [0.29, 0.717) is 18.4 Å². The Morgan fingerprint density at radius 3 is 2.45 bits per heavy atom. The van der Waals surface area contributed by atoms with E-state index in [1.165, 1.54) is 0 Å². The highest BCUT2D eigenvalue weighted by molar-refractivity contribution is 6.05. The molecule has 1 aromatic heterocycles.